The van der Waals surface area contributed by atoms with Crippen molar-refractivity contribution in [2.45, 2.75) is 63.3 Å². The van der Waals surface area contributed by atoms with E-state index in [0.717, 1.165) is 31.2 Å². The zero-order chi connectivity index (χ0) is 16.4. The molecule has 5 heteroatoms. The second-order valence-electron chi connectivity index (χ2n) is 6.56. The van der Waals surface area contributed by atoms with E-state index in [1.807, 2.05) is 19.1 Å². The molecule has 3 rings (SSSR count). The summed E-state index contributed by atoms with van der Waals surface area (Å²) in [5, 5.41) is 2.94. The van der Waals surface area contributed by atoms with E-state index in [9.17, 15) is 9.59 Å². The second kappa shape index (κ2) is 6.95. The first-order valence-corrected chi connectivity index (χ1v) is 9.32. The maximum atomic E-state index is 12.6. The second-order valence-corrected chi connectivity index (χ2v) is 7.65. The molecule has 124 valence electrons. The molecule has 1 heterocycles. The summed E-state index contributed by atoms with van der Waals surface area (Å²) < 4.78 is 0. The van der Waals surface area contributed by atoms with E-state index in [0.29, 0.717) is 0 Å². The van der Waals surface area contributed by atoms with Crippen LogP contribution < -0.4 is 5.32 Å². The third-order valence-corrected chi connectivity index (χ3v) is 6.22. The molecule has 1 aliphatic carbocycles. The first kappa shape index (κ1) is 16.4. The first-order chi connectivity index (χ1) is 11.1. The van der Waals surface area contributed by atoms with Gasteiger partial charge >= 0.3 is 6.03 Å². The lowest BCUT2D eigenvalue weighted by Crippen LogP contribution is -2.48. The summed E-state index contributed by atoms with van der Waals surface area (Å²) in [6.07, 6.45) is 5.62. The molecule has 0 radical (unpaired) electrons. The minimum absolute atomic E-state index is 0.0146. The van der Waals surface area contributed by atoms with Crippen molar-refractivity contribution >= 4 is 23.0 Å². The van der Waals surface area contributed by atoms with Crippen molar-refractivity contribution in [3.63, 3.8) is 0 Å². The van der Waals surface area contributed by atoms with Gasteiger partial charge in [-0.1, -0.05) is 55.3 Å². The number of urea groups is 1. The van der Waals surface area contributed by atoms with Crippen molar-refractivity contribution < 1.29 is 9.59 Å². The number of nitrogens with one attached hydrogen (secondary N) is 1. The summed E-state index contributed by atoms with van der Waals surface area (Å²) >= 11 is 1.27. The topological polar surface area (TPSA) is 49.4 Å². The Hall–Kier alpha value is -1.49. The number of thioether (sulfide) groups is 1. The average Bonchev–Trinajstić information content (AvgIpc) is 2.83. The van der Waals surface area contributed by atoms with Gasteiger partial charge in [0.15, 0.2) is 0 Å². The molecule has 23 heavy (non-hydrogen) atoms. The van der Waals surface area contributed by atoms with E-state index in [2.05, 4.69) is 24.4 Å². The number of amides is 3. The Kier molecular flexibility index (Phi) is 4.95. The lowest BCUT2D eigenvalue weighted by atomic mass is 9.95. The molecule has 0 aromatic heterocycles. The van der Waals surface area contributed by atoms with Gasteiger partial charge in [-0.25, -0.2) is 4.79 Å². The highest BCUT2D eigenvalue weighted by Crippen LogP contribution is 2.44. The molecule has 2 atom stereocenters. The lowest BCUT2D eigenvalue weighted by Gasteiger charge is -2.27. The number of imide groups is 1. The fourth-order valence-corrected chi connectivity index (χ4v) is 4.84. The molecule has 1 saturated heterocycles. The van der Waals surface area contributed by atoms with Gasteiger partial charge in [-0.15, -0.1) is 0 Å². The number of carbonyl (C=O) groups excluding carboxylic acids is 2. The summed E-state index contributed by atoms with van der Waals surface area (Å²) in [5.74, 6) is 0. The Morgan fingerprint density at radius 2 is 1.91 bits per heavy atom. The van der Waals surface area contributed by atoms with Crippen LogP contribution in [-0.2, 0) is 0 Å². The molecule has 1 aliphatic heterocycles. The van der Waals surface area contributed by atoms with Gasteiger partial charge in [-0.2, -0.15) is 0 Å². The molecule has 1 N–H and O–H groups in total. The maximum Gasteiger partial charge on any atom is 0.325 e. The zero-order valence-electron chi connectivity index (χ0n) is 13.7. The van der Waals surface area contributed by atoms with Gasteiger partial charge in [0.05, 0.1) is 11.3 Å². The summed E-state index contributed by atoms with van der Waals surface area (Å²) in [6.45, 7) is 4.02. The molecular weight excluding hydrogens is 308 g/mol. The van der Waals surface area contributed by atoms with Crippen molar-refractivity contribution in [2.24, 2.45) is 0 Å². The number of hydrogen-bond acceptors (Lipinski definition) is 3. The van der Waals surface area contributed by atoms with Gasteiger partial charge in [0.25, 0.3) is 5.24 Å². The van der Waals surface area contributed by atoms with Crippen molar-refractivity contribution in [3.05, 3.63) is 35.4 Å². The molecule has 0 bridgehead atoms. The van der Waals surface area contributed by atoms with Crippen molar-refractivity contribution in [1.82, 2.24) is 10.2 Å². The Labute approximate surface area is 142 Å². The summed E-state index contributed by atoms with van der Waals surface area (Å²) in [5.41, 5.74) is 2.31. The SMILES string of the molecule is Cc1ccccc1C1SC(=O)N(C(=O)NC2CCCCC2)C1C. The minimum atomic E-state index is -0.224. The monoisotopic (exact) mass is 332 g/mol. The van der Waals surface area contributed by atoms with Crippen LogP contribution >= 0.6 is 11.8 Å². The Balaban J connectivity index is 1.72. The highest BCUT2D eigenvalue weighted by molar-refractivity contribution is 8.14. The number of rotatable bonds is 2. The summed E-state index contributed by atoms with van der Waals surface area (Å²) in [7, 11) is 0. The van der Waals surface area contributed by atoms with Gasteiger partial charge in [-0.05, 0) is 37.8 Å². The number of aryl methyl sites for hydroxylation is 1. The number of carbonyl (C=O) groups is 2. The molecule has 2 aliphatic rings. The van der Waals surface area contributed by atoms with E-state index in [-0.39, 0.29) is 28.6 Å². The average molecular weight is 332 g/mol. The van der Waals surface area contributed by atoms with E-state index < -0.39 is 0 Å². The van der Waals surface area contributed by atoms with Crippen LogP contribution in [0.1, 0.15) is 55.4 Å². The summed E-state index contributed by atoms with van der Waals surface area (Å²) in [4.78, 5) is 26.4. The van der Waals surface area contributed by atoms with Gasteiger partial charge in [-0.3, -0.25) is 9.69 Å². The number of benzene rings is 1. The largest absolute Gasteiger partial charge is 0.335 e. The molecule has 4 nitrogen and oxygen atoms in total. The molecular formula is C18H24N2O2S. The van der Waals surface area contributed by atoms with Crippen molar-refractivity contribution in [1.29, 1.82) is 0 Å². The molecule has 1 aromatic carbocycles. The van der Waals surface area contributed by atoms with Crippen LogP contribution in [0.15, 0.2) is 24.3 Å². The molecule has 2 fully saturated rings. The fraction of sp³-hybridized carbons (Fsp3) is 0.556. The molecule has 1 aromatic rings. The van der Waals surface area contributed by atoms with Crippen LogP contribution in [0.25, 0.3) is 0 Å². The highest BCUT2D eigenvalue weighted by Gasteiger charge is 2.43. The molecule has 2 unspecified atom stereocenters. The fourth-order valence-electron chi connectivity index (χ4n) is 3.55. The van der Waals surface area contributed by atoms with Crippen LogP contribution in [0.5, 0.6) is 0 Å². The third-order valence-electron chi connectivity index (χ3n) is 4.92. The van der Waals surface area contributed by atoms with E-state index >= 15 is 0 Å². The smallest absolute Gasteiger partial charge is 0.325 e. The van der Waals surface area contributed by atoms with Crippen LogP contribution in [0.2, 0.25) is 0 Å². The quantitative estimate of drug-likeness (QED) is 0.858. The van der Waals surface area contributed by atoms with E-state index in [4.69, 9.17) is 0 Å². The minimum Gasteiger partial charge on any atom is -0.335 e. The Morgan fingerprint density at radius 1 is 1.22 bits per heavy atom. The first-order valence-electron chi connectivity index (χ1n) is 8.44. The van der Waals surface area contributed by atoms with Crippen LogP contribution in [0, 0.1) is 6.92 Å². The Bertz CT molecular complexity index is 598. The van der Waals surface area contributed by atoms with E-state index in [1.54, 1.807) is 0 Å². The molecule has 3 amide bonds. The van der Waals surface area contributed by atoms with E-state index in [1.165, 1.54) is 28.6 Å². The maximum absolute atomic E-state index is 12.6. The number of nitrogens with zero attached hydrogens (tertiary/aromatic N) is 1. The van der Waals surface area contributed by atoms with Crippen LogP contribution in [0.3, 0.4) is 0 Å². The predicted octanol–water partition coefficient (Wildman–Crippen LogP) is 4.64. The van der Waals surface area contributed by atoms with Gasteiger partial charge in [0.1, 0.15) is 0 Å². The van der Waals surface area contributed by atoms with Crippen molar-refractivity contribution in [2.75, 3.05) is 0 Å². The van der Waals surface area contributed by atoms with Gasteiger partial charge in [0, 0.05) is 6.04 Å². The Morgan fingerprint density at radius 3 is 2.61 bits per heavy atom. The molecule has 0 spiro atoms. The van der Waals surface area contributed by atoms with Crippen LogP contribution in [0.4, 0.5) is 9.59 Å². The van der Waals surface area contributed by atoms with Gasteiger partial charge in [0.2, 0.25) is 0 Å². The standard InChI is InChI=1S/C18H24N2O2S/c1-12-8-6-7-11-15(12)16-13(2)20(18(22)23-16)17(21)19-14-9-4-3-5-10-14/h6-8,11,13-14,16H,3-5,9-10H2,1-2H3,(H,19,21). The zero-order valence-corrected chi connectivity index (χ0v) is 14.6. The highest BCUT2D eigenvalue weighted by atomic mass is 32.2. The van der Waals surface area contributed by atoms with Crippen molar-refractivity contribution in [3.8, 4) is 0 Å². The third kappa shape index (κ3) is 3.39. The summed E-state index contributed by atoms with van der Waals surface area (Å²) in [6, 6.07) is 7.97. The predicted molar refractivity (Wildman–Crippen MR) is 93.6 cm³/mol. The number of hydrogen-bond donors (Lipinski definition) is 1. The normalized spacial score (nSPS) is 25.7. The van der Waals surface area contributed by atoms with Gasteiger partial charge < -0.3 is 5.32 Å². The lowest BCUT2D eigenvalue weighted by molar-refractivity contribution is 0.184. The molecule has 1 saturated carbocycles. The van der Waals surface area contributed by atoms with Crippen LogP contribution in [-0.4, -0.2) is 28.3 Å².